The van der Waals surface area contributed by atoms with Gasteiger partial charge in [-0.05, 0) is 55.7 Å². The van der Waals surface area contributed by atoms with Crippen molar-refractivity contribution in [2.45, 2.75) is 45.1 Å². The van der Waals surface area contributed by atoms with Gasteiger partial charge >= 0.3 is 0 Å². The second-order valence-electron chi connectivity index (χ2n) is 6.55. The van der Waals surface area contributed by atoms with Gasteiger partial charge in [0.05, 0.1) is 19.1 Å². The van der Waals surface area contributed by atoms with Gasteiger partial charge in [-0.3, -0.25) is 4.79 Å². The molecule has 1 aliphatic heterocycles. The highest BCUT2D eigenvalue weighted by molar-refractivity contribution is 5.79. The lowest BCUT2D eigenvalue weighted by Gasteiger charge is -2.51. The molecule has 1 aliphatic carbocycles. The van der Waals surface area contributed by atoms with Gasteiger partial charge < -0.3 is 14.7 Å². The van der Waals surface area contributed by atoms with Crippen molar-refractivity contribution in [3.63, 3.8) is 0 Å². The van der Waals surface area contributed by atoms with Crippen molar-refractivity contribution in [3.05, 3.63) is 29.8 Å². The summed E-state index contributed by atoms with van der Waals surface area (Å²) in [6.45, 7) is 4.18. The fourth-order valence-electron chi connectivity index (χ4n) is 3.62. The van der Waals surface area contributed by atoms with E-state index in [9.17, 15) is 9.90 Å². The van der Waals surface area contributed by atoms with Crippen molar-refractivity contribution in [1.29, 1.82) is 0 Å². The highest BCUT2D eigenvalue weighted by atomic mass is 16.5. The van der Waals surface area contributed by atoms with E-state index in [4.69, 9.17) is 4.74 Å². The molecule has 0 bridgehead atoms. The first-order valence-corrected chi connectivity index (χ1v) is 8.30. The Morgan fingerprint density at radius 3 is 2.45 bits per heavy atom. The van der Waals surface area contributed by atoms with Crippen LogP contribution < -0.4 is 4.74 Å². The molecule has 4 nitrogen and oxygen atoms in total. The van der Waals surface area contributed by atoms with Gasteiger partial charge in [-0.1, -0.05) is 12.1 Å². The molecule has 1 saturated heterocycles. The molecule has 1 heterocycles. The average Bonchev–Trinajstić information content (AvgIpc) is 2.55. The Balaban J connectivity index is 1.52. The summed E-state index contributed by atoms with van der Waals surface area (Å²) in [5.74, 6) is 1.03. The number of carbonyl (C=O) groups is 1. The fourth-order valence-corrected chi connectivity index (χ4v) is 3.62. The smallest absolute Gasteiger partial charge is 0.226 e. The van der Waals surface area contributed by atoms with E-state index in [0.717, 1.165) is 50.1 Å². The topological polar surface area (TPSA) is 49.8 Å². The van der Waals surface area contributed by atoms with E-state index >= 15 is 0 Å². The summed E-state index contributed by atoms with van der Waals surface area (Å²) < 4.78 is 5.41. The molecule has 2 fully saturated rings. The fraction of sp³-hybridized carbons (Fsp3) is 0.611. The zero-order valence-corrected chi connectivity index (χ0v) is 13.3. The predicted octanol–water partition coefficient (Wildman–Crippen LogP) is 2.39. The average molecular weight is 303 g/mol. The summed E-state index contributed by atoms with van der Waals surface area (Å²) in [4.78, 5) is 14.4. The third-order valence-corrected chi connectivity index (χ3v) is 5.32. The van der Waals surface area contributed by atoms with Crippen LogP contribution in [0.4, 0.5) is 0 Å². The van der Waals surface area contributed by atoms with E-state index in [-0.39, 0.29) is 17.4 Å². The maximum Gasteiger partial charge on any atom is 0.226 e. The van der Waals surface area contributed by atoms with Crippen molar-refractivity contribution in [1.82, 2.24) is 4.90 Å². The lowest BCUT2D eigenvalue weighted by Crippen LogP contribution is -2.53. The molecule has 22 heavy (non-hydrogen) atoms. The molecule has 3 rings (SSSR count). The number of aliphatic hydroxyl groups excluding tert-OH is 1. The number of piperidine rings is 1. The van der Waals surface area contributed by atoms with Gasteiger partial charge in [0.2, 0.25) is 5.91 Å². The van der Waals surface area contributed by atoms with E-state index in [0.29, 0.717) is 13.0 Å². The normalized spacial score (nSPS) is 23.2. The van der Waals surface area contributed by atoms with Gasteiger partial charge in [0.15, 0.2) is 0 Å². The van der Waals surface area contributed by atoms with E-state index in [1.165, 1.54) is 0 Å². The van der Waals surface area contributed by atoms with Crippen molar-refractivity contribution >= 4 is 5.91 Å². The van der Waals surface area contributed by atoms with Crippen molar-refractivity contribution in [2.24, 2.45) is 5.41 Å². The molecule has 2 aliphatic rings. The number of carbonyl (C=O) groups excluding carboxylic acids is 1. The van der Waals surface area contributed by atoms with Gasteiger partial charge in [0.1, 0.15) is 5.75 Å². The first-order chi connectivity index (χ1) is 10.6. The lowest BCUT2D eigenvalue weighted by atomic mass is 9.61. The summed E-state index contributed by atoms with van der Waals surface area (Å²) in [5.41, 5.74) is 1.15. The Bertz CT molecular complexity index is 518. The maximum absolute atomic E-state index is 12.4. The van der Waals surface area contributed by atoms with Crippen molar-refractivity contribution in [3.8, 4) is 5.75 Å². The number of likely N-dealkylation sites (tertiary alicyclic amines) is 1. The standard InChI is InChI=1S/C18H25NO3/c1-2-22-15-5-3-14(4-6-15)13-17(21)19-11-9-18(10-12-19)8-7-16(18)20/h3-6,16,20H,2,7-13H2,1H3. The quantitative estimate of drug-likeness (QED) is 0.929. The Hall–Kier alpha value is -1.55. The minimum Gasteiger partial charge on any atom is -0.494 e. The Morgan fingerprint density at radius 1 is 1.27 bits per heavy atom. The first kappa shape index (κ1) is 15.3. The predicted molar refractivity (Wildman–Crippen MR) is 84.8 cm³/mol. The second-order valence-corrected chi connectivity index (χ2v) is 6.55. The zero-order valence-electron chi connectivity index (χ0n) is 13.3. The Kier molecular flexibility index (Phi) is 4.39. The van der Waals surface area contributed by atoms with Gasteiger partial charge in [0, 0.05) is 13.1 Å². The molecular weight excluding hydrogens is 278 g/mol. The van der Waals surface area contributed by atoms with E-state index in [2.05, 4.69) is 0 Å². The van der Waals surface area contributed by atoms with Crippen molar-refractivity contribution in [2.75, 3.05) is 19.7 Å². The van der Waals surface area contributed by atoms with Gasteiger partial charge in [-0.2, -0.15) is 0 Å². The van der Waals surface area contributed by atoms with Gasteiger partial charge in [0.25, 0.3) is 0 Å². The van der Waals surface area contributed by atoms with Crippen LogP contribution in [0.5, 0.6) is 5.75 Å². The number of aliphatic hydroxyl groups is 1. The maximum atomic E-state index is 12.4. The monoisotopic (exact) mass is 303 g/mol. The van der Waals surface area contributed by atoms with Crippen LogP contribution in [0.1, 0.15) is 38.2 Å². The third kappa shape index (κ3) is 2.98. The van der Waals surface area contributed by atoms with Gasteiger partial charge in [-0.15, -0.1) is 0 Å². The van der Waals surface area contributed by atoms with E-state index in [1.807, 2.05) is 36.1 Å². The molecule has 4 heteroatoms. The minimum atomic E-state index is -0.143. The molecule has 1 saturated carbocycles. The number of rotatable bonds is 4. The van der Waals surface area contributed by atoms with Crippen LogP contribution in [0.2, 0.25) is 0 Å². The Labute approximate surface area is 132 Å². The SMILES string of the molecule is CCOc1ccc(CC(=O)N2CCC3(CCC3O)CC2)cc1. The van der Waals surface area contributed by atoms with Crippen LogP contribution in [-0.2, 0) is 11.2 Å². The number of hydrogen-bond donors (Lipinski definition) is 1. The molecule has 1 spiro atoms. The van der Waals surface area contributed by atoms with Crippen LogP contribution in [0.3, 0.4) is 0 Å². The van der Waals surface area contributed by atoms with E-state index in [1.54, 1.807) is 0 Å². The number of benzene rings is 1. The summed E-state index contributed by atoms with van der Waals surface area (Å²) in [6, 6.07) is 7.76. The van der Waals surface area contributed by atoms with Crippen molar-refractivity contribution < 1.29 is 14.6 Å². The third-order valence-electron chi connectivity index (χ3n) is 5.32. The highest BCUT2D eigenvalue weighted by Gasteiger charge is 2.47. The highest BCUT2D eigenvalue weighted by Crippen LogP contribution is 2.49. The minimum absolute atomic E-state index is 0.121. The zero-order chi connectivity index (χ0) is 15.6. The number of hydrogen-bond acceptors (Lipinski definition) is 3. The largest absolute Gasteiger partial charge is 0.494 e. The molecule has 1 aromatic carbocycles. The van der Waals surface area contributed by atoms with Crippen LogP contribution in [0.15, 0.2) is 24.3 Å². The molecule has 1 atom stereocenters. The second kappa shape index (κ2) is 6.29. The lowest BCUT2D eigenvalue weighted by molar-refractivity contribution is -0.140. The molecule has 1 aromatic rings. The van der Waals surface area contributed by atoms with Crippen LogP contribution >= 0.6 is 0 Å². The van der Waals surface area contributed by atoms with E-state index < -0.39 is 0 Å². The van der Waals surface area contributed by atoms with Crippen LogP contribution in [-0.4, -0.2) is 41.7 Å². The summed E-state index contributed by atoms with van der Waals surface area (Å²) in [5, 5.41) is 9.94. The molecule has 1 unspecified atom stereocenters. The molecular formula is C18H25NO3. The molecule has 1 N–H and O–H groups in total. The molecule has 1 amide bonds. The molecule has 0 radical (unpaired) electrons. The van der Waals surface area contributed by atoms with Crippen LogP contribution in [0.25, 0.3) is 0 Å². The first-order valence-electron chi connectivity index (χ1n) is 8.30. The number of ether oxygens (including phenoxy) is 1. The number of amides is 1. The molecule has 120 valence electrons. The molecule has 0 aromatic heterocycles. The Morgan fingerprint density at radius 2 is 1.95 bits per heavy atom. The van der Waals surface area contributed by atoms with Crippen LogP contribution in [0, 0.1) is 5.41 Å². The summed E-state index contributed by atoms with van der Waals surface area (Å²) in [6.07, 6.45) is 4.25. The summed E-state index contributed by atoms with van der Waals surface area (Å²) in [7, 11) is 0. The summed E-state index contributed by atoms with van der Waals surface area (Å²) >= 11 is 0. The van der Waals surface area contributed by atoms with Gasteiger partial charge in [-0.25, -0.2) is 0 Å². The number of nitrogens with zero attached hydrogens (tertiary/aromatic N) is 1.